The third kappa shape index (κ3) is 3.01. The molecule has 5 nitrogen and oxygen atoms in total. The van der Waals surface area contributed by atoms with Crippen molar-refractivity contribution in [3.8, 4) is 28.5 Å². The Morgan fingerprint density at radius 2 is 1.65 bits per heavy atom. The quantitative estimate of drug-likeness (QED) is 0.787. The molecule has 0 aromatic carbocycles. The molecule has 0 aliphatic rings. The van der Waals surface area contributed by atoms with Crippen LogP contribution in [-0.2, 0) is 13.2 Å². The summed E-state index contributed by atoms with van der Waals surface area (Å²) < 4.78 is 39.4. The number of rotatable bonds is 2. The number of alkyl halides is 3. The summed E-state index contributed by atoms with van der Waals surface area (Å²) in [5.41, 5.74) is 0.839. The zero-order valence-electron chi connectivity index (χ0n) is 11.9. The topological polar surface area (TPSA) is 63.8 Å². The first-order valence-electron chi connectivity index (χ1n) is 6.57. The number of halogens is 3. The van der Waals surface area contributed by atoms with Crippen LogP contribution >= 0.6 is 0 Å². The summed E-state index contributed by atoms with van der Waals surface area (Å²) in [6.07, 6.45) is -0.567. The summed E-state index contributed by atoms with van der Waals surface area (Å²) in [6.45, 7) is 0. The van der Waals surface area contributed by atoms with Crippen molar-refractivity contribution in [2.75, 3.05) is 0 Å². The molecule has 0 unspecified atom stereocenters. The lowest BCUT2D eigenvalue weighted by Gasteiger charge is -2.04. The first kappa shape index (κ1) is 15.0. The minimum absolute atomic E-state index is 0.0916. The molecule has 3 aromatic heterocycles. The highest BCUT2D eigenvalue weighted by atomic mass is 19.4. The van der Waals surface area contributed by atoms with E-state index in [1.165, 1.54) is 30.1 Å². The Morgan fingerprint density at radius 3 is 2.13 bits per heavy atom. The maximum atomic E-state index is 12.7. The number of aromatic nitrogens is 4. The molecule has 1 N–H and O–H groups in total. The molecule has 0 aliphatic carbocycles. The van der Waals surface area contributed by atoms with E-state index < -0.39 is 11.9 Å². The van der Waals surface area contributed by atoms with Gasteiger partial charge >= 0.3 is 6.18 Å². The van der Waals surface area contributed by atoms with Crippen molar-refractivity contribution in [3.63, 3.8) is 0 Å². The van der Waals surface area contributed by atoms with Gasteiger partial charge in [-0.3, -0.25) is 4.98 Å². The Morgan fingerprint density at radius 1 is 1.00 bits per heavy atom. The van der Waals surface area contributed by atoms with Gasteiger partial charge in [-0.25, -0.2) is 9.97 Å². The zero-order chi connectivity index (χ0) is 16.6. The smallest absolute Gasteiger partial charge is 0.434 e. The Bertz CT molecular complexity index is 823. The molecule has 0 radical (unpaired) electrons. The van der Waals surface area contributed by atoms with Gasteiger partial charge in [-0.2, -0.15) is 13.2 Å². The van der Waals surface area contributed by atoms with Gasteiger partial charge in [0.05, 0.1) is 0 Å². The van der Waals surface area contributed by atoms with Crippen molar-refractivity contribution in [2.45, 2.75) is 6.18 Å². The molecule has 3 rings (SSSR count). The van der Waals surface area contributed by atoms with Gasteiger partial charge < -0.3 is 9.67 Å². The third-order valence-corrected chi connectivity index (χ3v) is 3.24. The van der Waals surface area contributed by atoms with E-state index in [1.54, 1.807) is 18.2 Å². The number of aromatic hydroxyl groups is 1. The fourth-order valence-electron chi connectivity index (χ4n) is 2.09. The van der Waals surface area contributed by atoms with Crippen LogP contribution in [0.4, 0.5) is 13.2 Å². The molecule has 0 bridgehead atoms. The molecule has 0 aliphatic heterocycles. The molecule has 0 saturated carbocycles. The summed E-state index contributed by atoms with van der Waals surface area (Å²) in [5, 5.41) is 9.17. The molecule has 23 heavy (non-hydrogen) atoms. The monoisotopic (exact) mass is 320 g/mol. The first-order valence-corrected chi connectivity index (χ1v) is 6.57. The molecule has 0 saturated heterocycles. The van der Waals surface area contributed by atoms with E-state index in [0.29, 0.717) is 5.69 Å². The number of aryl methyl sites for hydroxylation is 1. The second-order valence-electron chi connectivity index (χ2n) is 4.90. The van der Waals surface area contributed by atoms with Crippen LogP contribution in [0.1, 0.15) is 5.69 Å². The fraction of sp³-hybridized carbons (Fsp3) is 0.133. The van der Waals surface area contributed by atoms with Crippen LogP contribution in [0.15, 0.2) is 42.9 Å². The molecule has 0 atom stereocenters. The maximum Gasteiger partial charge on any atom is 0.434 e. The van der Waals surface area contributed by atoms with Crippen molar-refractivity contribution in [3.05, 3.63) is 48.5 Å². The molecular formula is C15H11F3N4O. The van der Waals surface area contributed by atoms with Crippen LogP contribution in [0, 0.1) is 0 Å². The minimum Gasteiger partial charge on any atom is -0.493 e. The average molecular weight is 320 g/mol. The second kappa shape index (κ2) is 5.38. The van der Waals surface area contributed by atoms with Crippen molar-refractivity contribution in [1.82, 2.24) is 19.5 Å². The zero-order valence-corrected chi connectivity index (χ0v) is 11.9. The van der Waals surface area contributed by atoms with Crippen molar-refractivity contribution in [1.29, 1.82) is 0 Å². The van der Waals surface area contributed by atoms with Gasteiger partial charge in [0, 0.05) is 42.8 Å². The van der Waals surface area contributed by atoms with Crippen LogP contribution in [0.5, 0.6) is 5.88 Å². The number of hydrogen-bond acceptors (Lipinski definition) is 4. The molecule has 8 heteroatoms. The normalized spacial score (nSPS) is 11.7. The van der Waals surface area contributed by atoms with Crippen molar-refractivity contribution >= 4 is 0 Å². The van der Waals surface area contributed by atoms with Crippen molar-refractivity contribution < 1.29 is 18.3 Å². The molecule has 0 fully saturated rings. The van der Waals surface area contributed by atoms with E-state index in [-0.39, 0.29) is 11.7 Å². The van der Waals surface area contributed by atoms with Gasteiger partial charge in [-0.15, -0.1) is 0 Å². The predicted octanol–water partition coefficient (Wildman–Crippen LogP) is 3.27. The van der Waals surface area contributed by atoms with E-state index >= 15 is 0 Å². The minimum atomic E-state index is -4.49. The lowest BCUT2D eigenvalue weighted by atomic mass is 10.1. The van der Waals surface area contributed by atoms with Crippen molar-refractivity contribution in [2.24, 2.45) is 7.05 Å². The van der Waals surface area contributed by atoms with Gasteiger partial charge in [-0.05, 0) is 12.1 Å². The number of imidazole rings is 1. The molecule has 0 spiro atoms. The summed E-state index contributed by atoms with van der Waals surface area (Å²) >= 11 is 0. The van der Waals surface area contributed by atoms with E-state index in [1.807, 2.05) is 0 Å². The second-order valence-corrected chi connectivity index (χ2v) is 4.90. The summed E-state index contributed by atoms with van der Waals surface area (Å²) in [6, 6.07) is 6.40. The Labute approximate surface area is 129 Å². The van der Waals surface area contributed by atoms with Crippen LogP contribution in [-0.4, -0.2) is 24.6 Å². The van der Waals surface area contributed by atoms with E-state index in [4.69, 9.17) is 5.11 Å². The first-order chi connectivity index (χ1) is 10.8. The van der Waals surface area contributed by atoms with Gasteiger partial charge in [0.25, 0.3) is 0 Å². The van der Waals surface area contributed by atoms with Gasteiger partial charge in [-0.1, -0.05) is 6.07 Å². The Hall–Kier alpha value is -2.90. The van der Waals surface area contributed by atoms with Gasteiger partial charge in [0.1, 0.15) is 5.69 Å². The Balaban J connectivity index is 1.94. The van der Waals surface area contributed by atoms with E-state index in [9.17, 15) is 13.2 Å². The number of nitrogens with zero attached hydrogens (tertiary/aromatic N) is 4. The average Bonchev–Trinajstić information content (AvgIpc) is 2.90. The van der Waals surface area contributed by atoms with Crippen LogP contribution in [0.2, 0.25) is 0 Å². The predicted molar refractivity (Wildman–Crippen MR) is 76.3 cm³/mol. The summed E-state index contributed by atoms with van der Waals surface area (Å²) in [5.74, 6) is 0.0405. The SMILES string of the molecule is Cn1cc(C(F)(F)F)nc1-c1ccc(-c2ccc(O)nc2)cn1. The van der Waals surface area contributed by atoms with Gasteiger partial charge in [0.15, 0.2) is 11.5 Å². The molecule has 118 valence electrons. The lowest BCUT2D eigenvalue weighted by molar-refractivity contribution is -0.140. The lowest BCUT2D eigenvalue weighted by Crippen LogP contribution is -2.04. The molecule has 3 heterocycles. The fourth-order valence-corrected chi connectivity index (χ4v) is 2.09. The number of hydrogen-bond donors (Lipinski definition) is 1. The summed E-state index contributed by atoms with van der Waals surface area (Å²) in [7, 11) is 1.48. The van der Waals surface area contributed by atoms with Crippen LogP contribution < -0.4 is 0 Å². The summed E-state index contributed by atoms with van der Waals surface area (Å²) in [4.78, 5) is 11.5. The molecule has 0 amide bonds. The highest BCUT2D eigenvalue weighted by Gasteiger charge is 2.34. The highest BCUT2D eigenvalue weighted by molar-refractivity contribution is 5.64. The molecule has 3 aromatic rings. The van der Waals surface area contributed by atoms with Crippen LogP contribution in [0.25, 0.3) is 22.6 Å². The standard InChI is InChI=1S/C15H11F3N4O/c1-22-8-12(15(16,17)18)21-14(22)11-4-2-9(6-19-11)10-3-5-13(23)20-7-10/h2-8H,1H3,(H,20,23). The molecular weight excluding hydrogens is 309 g/mol. The van der Waals surface area contributed by atoms with Crippen LogP contribution in [0.3, 0.4) is 0 Å². The van der Waals surface area contributed by atoms with E-state index in [2.05, 4.69) is 15.0 Å². The third-order valence-electron chi connectivity index (χ3n) is 3.24. The highest BCUT2D eigenvalue weighted by Crippen LogP contribution is 2.30. The largest absolute Gasteiger partial charge is 0.493 e. The van der Waals surface area contributed by atoms with Gasteiger partial charge in [0.2, 0.25) is 5.88 Å². The number of pyridine rings is 2. The maximum absolute atomic E-state index is 12.7. The Kier molecular flexibility index (Phi) is 3.51. The van der Waals surface area contributed by atoms with E-state index in [0.717, 1.165) is 17.3 Å².